The molecule has 110 valence electrons. The van der Waals surface area contributed by atoms with Gasteiger partial charge in [0.05, 0.1) is 13.2 Å². The number of carbonyl (C=O) groups excluding carboxylic acids is 2. The molecule has 0 amide bonds. The molecule has 0 aliphatic heterocycles. The van der Waals surface area contributed by atoms with Crippen LogP contribution in [0, 0.1) is 0 Å². The Hall–Kier alpha value is -2.26. The van der Waals surface area contributed by atoms with E-state index in [1.54, 1.807) is 0 Å². The molecule has 0 atom stereocenters. The number of ether oxygens (including phenoxy) is 2. The zero-order chi connectivity index (χ0) is 15.3. The Morgan fingerprint density at radius 1 is 1.05 bits per heavy atom. The minimum atomic E-state index is -4.95. The van der Waals surface area contributed by atoms with E-state index in [2.05, 4.69) is 24.7 Å². The van der Waals surface area contributed by atoms with Gasteiger partial charge in [-0.2, -0.15) is 13.2 Å². The number of alkyl halides is 3. The third-order valence-corrected chi connectivity index (χ3v) is 1.88. The Labute approximate surface area is 111 Å². The Morgan fingerprint density at radius 3 is 2.10 bits per heavy atom. The molecular weight excluding hydrogens is 283 g/mol. The summed E-state index contributed by atoms with van der Waals surface area (Å²) in [5, 5.41) is 5.82. The van der Waals surface area contributed by atoms with Crippen LogP contribution in [-0.4, -0.2) is 40.3 Å². The normalized spacial score (nSPS) is 11.1. The Bertz CT molecular complexity index is 519. The van der Waals surface area contributed by atoms with E-state index in [-0.39, 0.29) is 13.2 Å². The van der Waals surface area contributed by atoms with Crippen molar-refractivity contribution in [3.05, 3.63) is 17.2 Å². The van der Waals surface area contributed by atoms with E-state index < -0.39 is 35.3 Å². The van der Waals surface area contributed by atoms with E-state index in [9.17, 15) is 22.8 Å². The Kier molecular flexibility index (Phi) is 4.94. The van der Waals surface area contributed by atoms with Gasteiger partial charge in [0.15, 0.2) is 11.4 Å². The summed E-state index contributed by atoms with van der Waals surface area (Å²) in [4.78, 5) is 26.0. The minimum absolute atomic E-state index is 0.0298. The predicted octanol–water partition coefficient (Wildman–Crippen LogP) is 1.24. The molecule has 0 unspecified atom stereocenters. The highest BCUT2D eigenvalue weighted by Crippen LogP contribution is 2.29. The first kappa shape index (κ1) is 15.8. The van der Waals surface area contributed by atoms with E-state index in [1.807, 2.05) is 0 Å². The number of carbonyl (C=O) groups is 2. The van der Waals surface area contributed by atoms with Gasteiger partial charge in [-0.1, -0.05) is 0 Å². The van der Waals surface area contributed by atoms with Gasteiger partial charge in [0.1, 0.15) is 0 Å². The molecule has 0 aliphatic carbocycles. The summed E-state index contributed by atoms with van der Waals surface area (Å²) in [6, 6.07) is 0. The van der Waals surface area contributed by atoms with Gasteiger partial charge >= 0.3 is 18.1 Å². The molecule has 10 heteroatoms. The summed E-state index contributed by atoms with van der Waals surface area (Å²) in [7, 11) is 0. The minimum Gasteiger partial charge on any atom is -0.461 e. The highest BCUT2D eigenvalue weighted by Gasteiger charge is 2.40. The van der Waals surface area contributed by atoms with Crippen molar-refractivity contribution in [2.45, 2.75) is 20.0 Å². The van der Waals surface area contributed by atoms with Crippen molar-refractivity contribution in [1.82, 2.24) is 15.2 Å². The number of hydrogen-bond donors (Lipinski definition) is 0. The van der Waals surface area contributed by atoms with E-state index in [0.29, 0.717) is 0 Å². The summed E-state index contributed by atoms with van der Waals surface area (Å²) in [6.07, 6.45) is -4.95. The molecule has 0 N–H and O–H groups in total. The molecule has 0 bridgehead atoms. The van der Waals surface area contributed by atoms with Crippen molar-refractivity contribution in [3.63, 3.8) is 0 Å². The molecule has 7 nitrogen and oxygen atoms in total. The van der Waals surface area contributed by atoms with E-state index >= 15 is 0 Å². The van der Waals surface area contributed by atoms with Gasteiger partial charge in [0.2, 0.25) is 0 Å². The summed E-state index contributed by atoms with van der Waals surface area (Å²) >= 11 is 0. The van der Waals surface area contributed by atoms with Gasteiger partial charge in [0, 0.05) is 0 Å². The molecule has 1 heterocycles. The number of hydrogen-bond acceptors (Lipinski definition) is 7. The molecule has 1 aromatic rings. The standard InChI is InChI=1S/C10H10F3N3O4/c1-3-19-8(17)5-6(10(11,12)13)15-16-7(14-5)9(18)20-4-2/h3-4H2,1-2H3. The monoisotopic (exact) mass is 293 g/mol. The molecule has 0 saturated heterocycles. The van der Waals surface area contributed by atoms with Gasteiger partial charge in [0.25, 0.3) is 5.82 Å². The average molecular weight is 293 g/mol. The van der Waals surface area contributed by atoms with Crippen molar-refractivity contribution < 1.29 is 32.2 Å². The van der Waals surface area contributed by atoms with E-state index in [0.717, 1.165) is 0 Å². The van der Waals surface area contributed by atoms with Crippen LogP contribution in [0.5, 0.6) is 0 Å². The van der Waals surface area contributed by atoms with Gasteiger partial charge in [-0.3, -0.25) is 0 Å². The molecule has 20 heavy (non-hydrogen) atoms. The first-order chi connectivity index (χ1) is 9.31. The topological polar surface area (TPSA) is 91.3 Å². The second-order valence-electron chi connectivity index (χ2n) is 3.27. The van der Waals surface area contributed by atoms with Gasteiger partial charge in [-0.15, -0.1) is 10.2 Å². The fraction of sp³-hybridized carbons (Fsp3) is 0.500. The van der Waals surface area contributed by atoms with Crippen LogP contribution in [0.2, 0.25) is 0 Å². The lowest BCUT2D eigenvalue weighted by molar-refractivity contribution is -0.142. The lowest BCUT2D eigenvalue weighted by atomic mass is 10.3. The number of esters is 2. The van der Waals surface area contributed by atoms with Crippen LogP contribution in [0.3, 0.4) is 0 Å². The van der Waals surface area contributed by atoms with Gasteiger partial charge < -0.3 is 9.47 Å². The highest BCUT2D eigenvalue weighted by atomic mass is 19.4. The first-order valence-electron chi connectivity index (χ1n) is 5.47. The van der Waals surface area contributed by atoms with Crippen LogP contribution in [0.15, 0.2) is 0 Å². The second kappa shape index (κ2) is 6.26. The number of nitrogens with zero attached hydrogens (tertiary/aromatic N) is 3. The maximum absolute atomic E-state index is 12.7. The first-order valence-corrected chi connectivity index (χ1v) is 5.47. The van der Waals surface area contributed by atoms with Gasteiger partial charge in [-0.05, 0) is 13.8 Å². The third-order valence-electron chi connectivity index (χ3n) is 1.88. The summed E-state index contributed by atoms with van der Waals surface area (Å²) in [5.41, 5.74) is -2.75. The number of aromatic nitrogens is 3. The summed E-state index contributed by atoms with van der Waals surface area (Å²) < 4.78 is 46.9. The fourth-order valence-electron chi connectivity index (χ4n) is 1.14. The lowest BCUT2D eigenvalue weighted by Crippen LogP contribution is -2.23. The highest BCUT2D eigenvalue weighted by molar-refractivity contribution is 5.91. The molecular formula is C10H10F3N3O4. The van der Waals surface area contributed by atoms with Crippen molar-refractivity contribution >= 4 is 11.9 Å². The second-order valence-corrected chi connectivity index (χ2v) is 3.27. The van der Waals surface area contributed by atoms with Crippen LogP contribution in [-0.2, 0) is 15.7 Å². The van der Waals surface area contributed by atoms with Crippen molar-refractivity contribution in [2.24, 2.45) is 0 Å². The van der Waals surface area contributed by atoms with Crippen molar-refractivity contribution in [3.8, 4) is 0 Å². The molecule has 0 fully saturated rings. The molecule has 0 aliphatic rings. The van der Waals surface area contributed by atoms with Gasteiger partial charge in [-0.25, -0.2) is 14.6 Å². The SMILES string of the molecule is CCOC(=O)c1nnc(C(F)(F)F)c(C(=O)OCC)n1. The Morgan fingerprint density at radius 2 is 1.60 bits per heavy atom. The molecule has 1 aromatic heterocycles. The summed E-state index contributed by atoms with van der Waals surface area (Å²) in [6.45, 7) is 2.71. The maximum Gasteiger partial charge on any atom is 0.437 e. The van der Waals surface area contributed by atoms with Crippen LogP contribution in [0.25, 0.3) is 0 Å². The van der Waals surface area contributed by atoms with Crippen molar-refractivity contribution in [2.75, 3.05) is 13.2 Å². The summed E-state index contributed by atoms with van der Waals surface area (Å²) in [5.74, 6) is -3.18. The van der Waals surface area contributed by atoms with Crippen LogP contribution in [0.4, 0.5) is 13.2 Å². The van der Waals surface area contributed by atoms with Crippen LogP contribution < -0.4 is 0 Å². The molecule has 0 radical (unpaired) electrons. The molecule has 1 rings (SSSR count). The zero-order valence-electron chi connectivity index (χ0n) is 10.5. The molecule has 0 aromatic carbocycles. The Balaban J connectivity index is 3.29. The maximum atomic E-state index is 12.7. The average Bonchev–Trinajstić information content (AvgIpc) is 2.37. The van der Waals surface area contributed by atoms with Crippen LogP contribution in [0.1, 0.15) is 40.6 Å². The van der Waals surface area contributed by atoms with Crippen molar-refractivity contribution in [1.29, 1.82) is 0 Å². The number of halogens is 3. The van der Waals surface area contributed by atoms with E-state index in [1.165, 1.54) is 13.8 Å². The zero-order valence-corrected chi connectivity index (χ0v) is 10.5. The molecule has 0 spiro atoms. The smallest absolute Gasteiger partial charge is 0.437 e. The third kappa shape index (κ3) is 3.62. The lowest BCUT2D eigenvalue weighted by Gasteiger charge is -2.10. The predicted molar refractivity (Wildman–Crippen MR) is 56.7 cm³/mol. The molecule has 0 saturated carbocycles. The number of rotatable bonds is 4. The quantitative estimate of drug-likeness (QED) is 0.771. The fourth-order valence-corrected chi connectivity index (χ4v) is 1.14. The van der Waals surface area contributed by atoms with E-state index in [4.69, 9.17) is 0 Å². The largest absolute Gasteiger partial charge is 0.461 e. The van der Waals surface area contributed by atoms with Crippen LogP contribution >= 0.6 is 0 Å².